The number of amides is 2. The number of carbonyl (C=O) groups is 2. The van der Waals surface area contributed by atoms with Gasteiger partial charge in [-0.3, -0.25) is 9.59 Å². The van der Waals surface area contributed by atoms with Gasteiger partial charge >= 0.3 is 0 Å². The Morgan fingerprint density at radius 1 is 1.08 bits per heavy atom. The van der Waals surface area contributed by atoms with Crippen LogP contribution in [0.25, 0.3) is 0 Å². The largest absolute Gasteiger partial charge is 0.366 e. The summed E-state index contributed by atoms with van der Waals surface area (Å²) in [5, 5.41) is 2.94. The smallest absolute Gasteiger partial charge is 0.251 e. The SMILES string of the molecule is CCc1ccc(C(CNC(=O)c2cccc(C(N)=O)c2)N(C)C)cc1. The molecular formula is C20H25N3O2. The number of aryl methyl sites for hydroxylation is 1. The first kappa shape index (κ1) is 18.7. The maximum atomic E-state index is 12.4. The van der Waals surface area contributed by atoms with Crippen molar-refractivity contribution in [2.24, 2.45) is 5.73 Å². The molecule has 3 N–H and O–H groups in total. The Balaban J connectivity index is 2.08. The van der Waals surface area contributed by atoms with Gasteiger partial charge in [-0.2, -0.15) is 0 Å². The van der Waals surface area contributed by atoms with Crippen LogP contribution in [0.2, 0.25) is 0 Å². The van der Waals surface area contributed by atoms with E-state index < -0.39 is 5.91 Å². The molecule has 0 saturated heterocycles. The van der Waals surface area contributed by atoms with E-state index in [1.54, 1.807) is 18.2 Å². The molecule has 2 aromatic carbocycles. The van der Waals surface area contributed by atoms with Gasteiger partial charge in [-0.25, -0.2) is 0 Å². The maximum absolute atomic E-state index is 12.4. The van der Waals surface area contributed by atoms with E-state index in [1.807, 2.05) is 14.1 Å². The van der Waals surface area contributed by atoms with Crippen molar-refractivity contribution in [3.05, 3.63) is 70.8 Å². The molecule has 0 aliphatic carbocycles. The molecule has 0 saturated carbocycles. The molecule has 0 spiro atoms. The Labute approximate surface area is 148 Å². The van der Waals surface area contributed by atoms with Crippen molar-refractivity contribution in [3.8, 4) is 0 Å². The van der Waals surface area contributed by atoms with E-state index in [0.29, 0.717) is 17.7 Å². The van der Waals surface area contributed by atoms with Crippen molar-refractivity contribution in [2.75, 3.05) is 20.6 Å². The fourth-order valence-electron chi connectivity index (χ4n) is 2.68. The highest BCUT2D eigenvalue weighted by Gasteiger charge is 2.16. The zero-order valence-corrected chi connectivity index (χ0v) is 15.0. The molecule has 5 nitrogen and oxygen atoms in total. The van der Waals surface area contributed by atoms with Crippen LogP contribution in [0.1, 0.15) is 44.8 Å². The van der Waals surface area contributed by atoms with Gasteiger partial charge in [0.1, 0.15) is 0 Å². The number of hydrogen-bond donors (Lipinski definition) is 2. The molecule has 2 rings (SSSR count). The van der Waals surface area contributed by atoms with E-state index in [1.165, 1.54) is 11.6 Å². The van der Waals surface area contributed by atoms with E-state index in [0.717, 1.165) is 12.0 Å². The highest BCUT2D eigenvalue weighted by molar-refractivity contribution is 5.99. The molecule has 0 aliphatic heterocycles. The third-order valence-corrected chi connectivity index (χ3v) is 4.26. The minimum atomic E-state index is -0.545. The molecule has 0 heterocycles. The number of hydrogen-bond acceptors (Lipinski definition) is 3. The molecule has 2 amide bonds. The van der Waals surface area contributed by atoms with Crippen molar-refractivity contribution in [3.63, 3.8) is 0 Å². The highest BCUT2D eigenvalue weighted by Crippen LogP contribution is 2.18. The van der Waals surface area contributed by atoms with Gasteiger partial charge < -0.3 is 16.0 Å². The third-order valence-electron chi connectivity index (χ3n) is 4.26. The van der Waals surface area contributed by atoms with Gasteiger partial charge in [0.2, 0.25) is 5.91 Å². The lowest BCUT2D eigenvalue weighted by atomic mass is 10.0. The molecule has 0 radical (unpaired) electrons. The number of nitrogens with two attached hydrogens (primary N) is 1. The van der Waals surface area contributed by atoms with Gasteiger partial charge in [0, 0.05) is 17.7 Å². The Morgan fingerprint density at radius 2 is 1.72 bits per heavy atom. The average Bonchev–Trinajstić information content (AvgIpc) is 2.62. The molecule has 1 unspecified atom stereocenters. The summed E-state index contributed by atoms with van der Waals surface area (Å²) >= 11 is 0. The lowest BCUT2D eigenvalue weighted by Gasteiger charge is -2.25. The molecule has 2 aromatic rings. The second-order valence-electron chi connectivity index (χ2n) is 6.23. The topological polar surface area (TPSA) is 75.4 Å². The summed E-state index contributed by atoms with van der Waals surface area (Å²) < 4.78 is 0. The molecule has 0 aromatic heterocycles. The number of benzene rings is 2. The van der Waals surface area contributed by atoms with Crippen LogP contribution >= 0.6 is 0 Å². The molecule has 132 valence electrons. The fourth-order valence-corrected chi connectivity index (χ4v) is 2.68. The summed E-state index contributed by atoms with van der Waals surface area (Å²) in [6.07, 6.45) is 1.000. The zero-order chi connectivity index (χ0) is 18.4. The van der Waals surface area contributed by atoms with Crippen molar-refractivity contribution in [1.82, 2.24) is 10.2 Å². The van der Waals surface area contributed by atoms with Gasteiger partial charge in [0.05, 0.1) is 6.04 Å². The molecule has 0 aliphatic rings. The van der Waals surface area contributed by atoms with Crippen molar-refractivity contribution in [2.45, 2.75) is 19.4 Å². The lowest BCUT2D eigenvalue weighted by molar-refractivity contribution is 0.0942. The van der Waals surface area contributed by atoms with Gasteiger partial charge in [0.25, 0.3) is 5.91 Å². The summed E-state index contributed by atoms with van der Waals surface area (Å²) in [5.74, 6) is -0.767. The Morgan fingerprint density at radius 3 is 2.28 bits per heavy atom. The number of likely N-dealkylation sites (N-methyl/N-ethyl adjacent to an activating group) is 1. The van der Waals surface area contributed by atoms with Crippen LogP contribution in [0.15, 0.2) is 48.5 Å². The van der Waals surface area contributed by atoms with E-state index in [-0.39, 0.29) is 11.9 Å². The van der Waals surface area contributed by atoms with Gasteiger partial charge in [0.15, 0.2) is 0 Å². The van der Waals surface area contributed by atoms with E-state index >= 15 is 0 Å². The number of primary amides is 1. The number of nitrogens with zero attached hydrogens (tertiary/aromatic N) is 1. The van der Waals surface area contributed by atoms with Crippen LogP contribution < -0.4 is 11.1 Å². The average molecular weight is 339 g/mol. The first-order chi connectivity index (χ1) is 11.9. The second kappa shape index (κ2) is 8.44. The van der Waals surface area contributed by atoms with Crippen molar-refractivity contribution in [1.29, 1.82) is 0 Å². The summed E-state index contributed by atoms with van der Waals surface area (Å²) in [6.45, 7) is 2.59. The minimum absolute atomic E-state index is 0.0641. The Kier molecular flexibility index (Phi) is 6.31. The third kappa shape index (κ3) is 4.90. The summed E-state index contributed by atoms with van der Waals surface area (Å²) in [4.78, 5) is 25.7. The highest BCUT2D eigenvalue weighted by atomic mass is 16.2. The van der Waals surface area contributed by atoms with Crippen LogP contribution in [0, 0.1) is 0 Å². The molecule has 1 atom stereocenters. The molecular weight excluding hydrogens is 314 g/mol. The molecule has 0 fully saturated rings. The predicted octanol–water partition coefficient (Wildman–Crippen LogP) is 2.38. The molecule has 0 bridgehead atoms. The number of rotatable bonds is 7. The molecule has 5 heteroatoms. The number of nitrogens with one attached hydrogen (secondary N) is 1. The first-order valence-electron chi connectivity index (χ1n) is 8.35. The van der Waals surface area contributed by atoms with Crippen LogP contribution in [0.5, 0.6) is 0 Å². The van der Waals surface area contributed by atoms with Crippen LogP contribution in [-0.4, -0.2) is 37.4 Å². The Bertz CT molecular complexity index is 739. The second-order valence-corrected chi connectivity index (χ2v) is 6.23. The van der Waals surface area contributed by atoms with Crippen LogP contribution in [0.4, 0.5) is 0 Å². The zero-order valence-electron chi connectivity index (χ0n) is 15.0. The van der Waals surface area contributed by atoms with E-state index in [9.17, 15) is 9.59 Å². The van der Waals surface area contributed by atoms with Gasteiger partial charge in [-0.1, -0.05) is 37.3 Å². The predicted molar refractivity (Wildman–Crippen MR) is 99.5 cm³/mol. The van der Waals surface area contributed by atoms with E-state index in [2.05, 4.69) is 41.4 Å². The minimum Gasteiger partial charge on any atom is -0.366 e. The summed E-state index contributed by atoms with van der Waals surface area (Å²) in [7, 11) is 3.97. The monoisotopic (exact) mass is 339 g/mol. The lowest BCUT2D eigenvalue weighted by Crippen LogP contribution is -2.34. The van der Waals surface area contributed by atoms with Gasteiger partial charge in [-0.05, 0) is 49.8 Å². The van der Waals surface area contributed by atoms with Crippen LogP contribution in [-0.2, 0) is 6.42 Å². The summed E-state index contributed by atoms with van der Waals surface area (Å²) in [6, 6.07) is 14.9. The number of carbonyl (C=O) groups excluding carboxylic acids is 2. The van der Waals surface area contributed by atoms with Crippen molar-refractivity contribution >= 4 is 11.8 Å². The quantitative estimate of drug-likeness (QED) is 0.813. The molecule has 25 heavy (non-hydrogen) atoms. The van der Waals surface area contributed by atoms with Gasteiger partial charge in [-0.15, -0.1) is 0 Å². The standard InChI is InChI=1S/C20H25N3O2/c1-4-14-8-10-15(11-9-14)18(23(2)3)13-22-20(25)17-7-5-6-16(12-17)19(21)24/h5-12,18H,4,13H2,1-3H3,(H2,21,24)(H,22,25). The first-order valence-corrected chi connectivity index (χ1v) is 8.35. The summed E-state index contributed by atoms with van der Waals surface area (Å²) in [5.41, 5.74) is 8.45. The van der Waals surface area contributed by atoms with E-state index in [4.69, 9.17) is 5.73 Å². The fraction of sp³-hybridized carbons (Fsp3) is 0.300. The van der Waals surface area contributed by atoms with Crippen LogP contribution in [0.3, 0.4) is 0 Å². The Hall–Kier alpha value is -2.66. The normalized spacial score (nSPS) is 12.0. The van der Waals surface area contributed by atoms with Crippen molar-refractivity contribution < 1.29 is 9.59 Å². The maximum Gasteiger partial charge on any atom is 0.251 e.